The van der Waals surface area contributed by atoms with E-state index in [1.807, 2.05) is 44.2 Å². The van der Waals surface area contributed by atoms with Crippen LogP contribution in [-0.2, 0) is 6.54 Å². The van der Waals surface area contributed by atoms with Crippen molar-refractivity contribution in [3.8, 4) is 28.0 Å². The van der Waals surface area contributed by atoms with E-state index in [9.17, 15) is 14.0 Å². The van der Waals surface area contributed by atoms with Gasteiger partial charge < -0.3 is 21.5 Å². The Morgan fingerprint density at radius 2 is 1.57 bits per heavy atom. The molecule has 1 heterocycles. The average molecular weight is 500 g/mol. The SMILES string of the molecule is COc1cc(-c2cccc(-c3cccc(NC(=O)c4cnc(C(N)=O)cn4)c3C)c2C)cc(F)c1CN. The van der Waals surface area contributed by atoms with Gasteiger partial charge in [-0.3, -0.25) is 9.59 Å². The van der Waals surface area contributed by atoms with Crippen LogP contribution in [0.15, 0.2) is 60.9 Å². The van der Waals surface area contributed by atoms with Gasteiger partial charge in [-0.1, -0.05) is 30.3 Å². The van der Waals surface area contributed by atoms with Crippen molar-refractivity contribution in [1.82, 2.24) is 9.97 Å². The number of rotatable bonds is 7. The maximum absolute atomic E-state index is 14.7. The molecule has 8 nitrogen and oxygen atoms in total. The predicted molar refractivity (Wildman–Crippen MR) is 140 cm³/mol. The fourth-order valence-corrected chi connectivity index (χ4v) is 4.21. The van der Waals surface area contributed by atoms with Crippen molar-refractivity contribution in [2.75, 3.05) is 12.4 Å². The zero-order valence-corrected chi connectivity index (χ0v) is 20.6. The first kappa shape index (κ1) is 25.5. The molecule has 37 heavy (non-hydrogen) atoms. The number of methoxy groups -OCH3 is 1. The van der Waals surface area contributed by atoms with Crippen LogP contribution >= 0.6 is 0 Å². The Morgan fingerprint density at radius 1 is 0.946 bits per heavy atom. The standard InChI is InChI=1S/C28H26FN5O3/c1-15-18(17-10-22(29)21(12-30)26(11-17)37-3)6-4-7-19(15)20-8-5-9-23(16(20)2)34-28(36)25-14-32-24(13-33-25)27(31)35/h4-11,13-14H,12,30H2,1-3H3,(H2,31,35)(H,34,36). The molecule has 4 aromatic rings. The number of hydrogen-bond acceptors (Lipinski definition) is 6. The van der Waals surface area contributed by atoms with E-state index in [1.54, 1.807) is 12.1 Å². The van der Waals surface area contributed by atoms with E-state index in [4.69, 9.17) is 16.2 Å². The van der Waals surface area contributed by atoms with Gasteiger partial charge in [0.25, 0.3) is 11.8 Å². The summed E-state index contributed by atoms with van der Waals surface area (Å²) in [5.41, 5.74) is 16.9. The zero-order chi connectivity index (χ0) is 26.7. The fraction of sp³-hybridized carbons (Fsp3) is 0.143. The van der Waals surface area contributed by atoms with Gasteiger partial charge in [0, 0.05) is 17.8 Å². The number of nitrogens with two attached hydrogens (primary N) is 2. The van der Waals surface area contributed by atoms with Crippen molar-refractivity contribution >= 4 is 17.5 Å². The molecule has 0 spiro atoms. The molecule has 1 aromatic heterocycles. The van der Waals surface area contributed by atoms with Crippen LogP contribution in [0.5, 0.6) is 5.75 Å². The molecule has 0 fully saturated rings. The van der Waals surface area contributed by atoms with Gasteiger partial charge in [0.2, 0.25) is 0 Å². The van der Waals surface area contributed by atoms with Crippen LogP contribution in [0.3, 0.4) is 0 Å². The summed E-state index contributed by atoms with van der Waals surface area (Å²) in [7, 11) is 1.49. The Kier molecular flexibility index (Phi) is 7.26. The Labute approximate surface area is 213 Å². The van der Waals surface area contributed by atoms with E-state index < -0.39 is 17.6 Å². The Bertz CT molecular complexity index is 1500. The minimum Gasteiger partial charge on any atom is -0.496 e. The molecule has 0 radical (unpaired) electrons. The number of anilines is 1. The highest BCUT2D eigenvalue weighted by Gasteiger charge is 2.17. The van der Waals surface area contributed by atoms with Crippen molar-refractivity contribution in [2.24, 2.45) is 11.5 Å². The molecule has 0 aliphatic rings. The molecular formula is C28H26FN5O3. The first-order valence-electron chi connectivity index (χ1n) is 11.4. The smallest absolute Gasteiger partial charge is 0.275 e. The number of nitrogens with zero attached hydrogens (tertiary/aromatic N) is 2. The summed E-state index contributed by atoms with van der Waals surface area (Å²) in [5.74, 6) is -1.22. The van der Waals surface area contributed by atoms with Crippen molar-refractivity contribution < 1.29 is 18.7 Å². The summed E-state index contributed by atoms with van der Waals surface area (Å²) >= 11 is 0. The van der Waals surface area contributed by atoms with Gasteiger partial charge in [-0.25, -0.2) is 14.4 Å². The summed E-state index contributed by atoms with van der Waals surface area (Å²) in [6, 6.07) is 14.6. The van der Waals surface area contributed by atoms with Gasteiger partial charge in [-0.2, -0.15) is 0 Å². The molecule has 2 amide bonds. The quantitative estimate of drug-likeness (QED) is 0.345. The van der Waals surface area contributed by atoms with Crippen LogP contribution in [0, 0.1) is 19.7 Å². The molecule has 0 aliphatic carbocycles. The monoisotopic (exact) mass is 499 g/mol. The number of amides is 2. The third kappa shape index (κ3) is 5.03. The largest absolute Gasteiger partial charge is 0.496 e. The number of carbonyl (C=O) groups excluding carboxylic acids is 2. The Morgan fingerprint density at radius 3 is 2.19 bits per heavy atom. The Balaban J connectivity index is 1.70. The first-order valence-corrected chi connectivity index (χ1v) is 11.4. The van der Waals surface area contributed by atoms with Gasteiger partial charge in [0.15, 0.2) is 0 Å². The van der Waals surface area contributed by atoms with Crippen molar-refractivity contribution in [3.05, 3.63) is 94.8 Å². The van der Waals surface area contributed by atoms with Gasteiger partial charge in [-0.05, 0) is 65.4 Å². The minimum atomic E-state index is -0.725. The van der Waals surface area contributed by atoms with Crippen LogP contribution in [0.4, 0.5) is 10.1 Å². The van der Waals surface area contributed by atoms with Crippen LogP contribution in [0.2, 0.25) is 0 Å². The lowest BCUT2D eigenvalue weighted by molar-refractivity contribution is 0.0988. The van der Waals surface area contributed by atoms with Gasteiger partial charge in [0.05, 0.1) is 19.5 Å². The maximum Gasteiger partial charge on any atom is 0.275 e. The second-order valence-corrected chi connectivity index (χ2v) is 8.40. The molecule has 0 atom stereocenters. The van der Waals surface area contributed by atoms with E-state index in [2.05, 4.69) is 15.3 Å². The molecule has 0 unspecified atom stereocenters. The summed E-state index contributed by atoms with van der Waals surface area (Å²) < 4.78 is 20.1. The highest BCUT2D eigenvalue weighted by molar-refractivity contribution is 6.04. The number of aromatic nitrogens is 2. The lowest BCUT2D eigenvalue weighted by Crippen LogP contribution is -2.18. The number of carbonyl (C=O) groups is 2. The van der Waals surface area contributed by atoms with Gasteiger partial charge in [-0.15, -0.1) is 0 Å². The van der Waals surface area contributed by atoms with E-state index in [1.165, 1.54) is 19.4 Å². The van der Waals surface area contributed by atoms with Crippen molar-refractivity contribution in [3.63, 3.8) is 0 Å². The molecule has 0 aliphatic heterocycles. The van der Waals surface area contributed by atoms with Crippen molar-refractivity contribution in [1.29, 1.82) is 0 Å². The van der Waals surface area contributed by atoms with Gasteiger partial charge in [0.1, 0.15) is 23.0 Å². The highest BCUT2D eigenvalue weighted by Crippen LogP contribution is 2.37. The van der Waals surface area contributed by atoms with Crippen molar-refractivity contribution in [2.45, 2.75) is 20.4 Å². The molecule has 188 valence electrons. The number of halogens is 1. The topological polar surface area (TPSA) is 133 Å². The number of nitrogens with one attached hydrogen (secondary N) is 1. The number of hydrogen-bond donors (Lipinski definition) is 3. The summed E-state index contributed by atoms with van der Waals surface area (Å²) in [4.78, 5) is 31.8. The van der Waals surface area contributed by atoms with Crippen LogP contribution < -0.4 is 21.5 Å². The number of primary amides is 1. The number of benzene rings is 3. The van der Waals surface area contributed by atoms with E-state index in [-0.39, 0.29) is 17.9 Å². The third-order valence-corrected chi connectivity index (χ3v) is 6.23. The first-order chi connectivity index (χ1) is 17.7. The second kappa shape index (κ2) is 10.5. The van der Waals surface area contributed by atoms with Crippen LogP contribution in [0.1, 0.15) is 37.7 Å². The third-order valence-electron chi connectivity index (χ3n) is 6.23. The van der Waals surface area contributed by atoms with Crippen LogP contribution in [0.25, 0.3) is 22.3 Å². The molecule has 4 rings (SSSR count). The molecule has 9 heteroatoms. The van der Waals surface area contributed by atoms with Gasteiger partial charge >= 0.3 is 0 Å². The molecule has 3 aromatic carbocycles. The lowest BCUT2D eigenvalue weighted by Gasteiger charge is -2.17. The van der Waals surface area contributed by atoms with E-state index in [0.717, 1.165) is 34.0 Å². The molecular weight excluding hydrogens is 473 g/mol. The molecule has 0 saturated carbocycles. The van der Waals surface area contributed by atoms with E-state index in [0.29, 0.717) is 22.6 Å². The summed E-state index contributed by atoms with van der Waals surface area (Å²) in [5, 5.41) is 2.85. The fourth-order valence-electron chi connectivity index (χ4n) is 4.21. The minimum absolute atomic E-state index is 0.0275. The predicted octanol–water partition coefficient (Wildman–Crippen LogP) is 4.39. The molecule has 5 N–H and O–H groups in total. The lowest BCUT2D eigenvalue weighted by atomic mass is 9.90. The zero-order valence-electron chi connectivity index (χ0n) is 20.6. The normalized spacial score (nSPS) is 10.7. The summed E-state index contributed by atoms with van der Waals surface area (Å²) in [6.45, 7) is 3.90. The second-order valence-electron chi connectivity index (χ2n) is 8.40. The van der Waals surface area contributed by atoms with Crippen LogP contribution in [-0.4, -0.2) is 28.9 Å². The highest BCUT2D eigenvalue weighted by atomic mass is 19.1. The maximum atomic E-state index is 14.7. The molecule has 0 saturated heterocycles. The summed E-state index contributed by atoms with van der Waals surface area (Å²) in [6.07, 6.45) is 2.36. The average Bonchev–Trinajstić information content (AvgIpc) is 2.89. The van der Waals surface area contributed by atoms with E-state index >= 15 is 0 Å². The Hall–Kier alpha value is -4.63. The molecule has 0 bridgehead atoms. The number of ether oxygens (including phenoxy) is 1.